The van der Waals surface area contributed by atoms with E-state index in [0.717, 1.165) is 25.1 Å². The Kier molecular flexibility index (Phi) is 4.74. The van der Waals surface area contributed by atoms with Crippen molar-refractivity contribution in [3.05, 3.63) is 59.9 Å². The van der Waals surface area contributed by atoms with E-state index in [0.29, 0.717) is 6.54 Å². The second kappa shape index (κ2) is 7.12. The highest BCUT2D eigenvalue weighted by Crippen LogP contribution is 2.24. The van der Waals surface area contributed by atoms with Gasteiger partial charge in [-0.25, -0.2) is 4.79 Å². The molecular formula is C18H19N3O3. The van der Waals surface area contributed by atoms with E-state index in [-0.39, 0.29) is 23.2 Å². The molecule has 0 saturated carbocycles. The molecule has 0 spiro atoms. The number of nitrogens with one attached hydrogen (secondary N) is 1. The Labute approximate surface area is 140 Å². The maximum atomic E-state index is 12.2. The monoisotopic (exact) mass is 325 g/mol. The molecular weight excluding hydrogens is 306 g/mol. The predicted molar refractivity (Wildman–Crippen MR) is 90.3 cm³/mol. The number of rotatable bonds is 5. The van der Waals surface area contributed by atoms with Gasteiger partial charge in [0.2, 0.25) is 0 Å². The van der Waals surface area contributed by atoms with Crippen molar-refractivity contribution in [3.63, 3.8) is 0 Å². The van der Waals surface area contributed by atoms with Gasteiger partial charge in [-0.3, -0.25) is 9.78 Å². The first-order chi connectivity index (χ1) is 11.6. The van der Waals surface area contributed by atoms with Gasteiger partial charge in [0.1, 0.15) is 5.69 Å². The minimum Gasteiger partial charge on any atom is -0.478 e. The van der Waals surface area contributed by atoms with E-state index in [9.17, 15) is 9.59 Å². The summed E-state index contributed by atoms with van der Waals surface area (Å²) in [6.07, 6.45) is 3.43. The van der Waals surface area contributed by atoms with E-state index in [1.165, 1.54) is 18.3 Å². The van der Waals surface area contributed by atoms with Crippen molar-refractivity contribution in [3.8, 4) is 0 Å². The van der Waals surface area contributed by atoms with E-state index in [1.54, 1.807) is 0 Å². The van der Waals surface area contributed by atoms with Crippen molar-refractivity contribution >= 4 is 17.6 Å². The van der Waals surface area contributed by atoms with Crippen LogP contribution in [0.15, 0.2) is 48.7 Å². The van der Waals surface area contributed by atoms with Crippen LogP contribution in [0, 0.1) is 0 Å². The number of carboxylic acids is 1. The number of aromatic carboxylic acids is 1. The Morgan fingerprint density at radius 3 is 2.79 bits per heavy atom. The van der Waals surface area contributed by atoms with Gasteiger partial charge in [0.25, 0.3) is 5.91 Å². The lowest BCUT2D eigenvalue weighted by Gasteiger charge is -2.27. The highest BCUT2D eigenvalue weighted by molar-refractivity contribution is 5.95. The number of carboxylic acid groups (broad SMARTS) is 1. The molecule has 2 N–H and O–H groups in total. The van der Waals surface area contributed by atoms with E-state index < -0.39 is 5.97 Å². The molecule has 2 aromatic rings. The summed E-state index contributed by atoms with van der Waals surface area (Å²) in [6, 6.07) is 13.0. The van der Waals surface area contributed by atoms with Gasteiger partial charge in [-0.05, 0) is 37.1 Å². The number of anilines is 1. The van der Waals surface area contributed by atoms with Crippen LogP contribution in [-0.4, -0.2) is 41.1 Å². The normalized spacial score (nSPS) is 16.8. The Morgan fingerprint density at radius 2 is 2.04 bits per heavy atom. The lowest BCUT2D eigenvalue weighted by Crippen LogP contribution is -2.40. The van der Waals surface area contributed by atoms with Crippen molar-refractivity contribution in [2.75, 3.05) is 18.0 Å². The number of pyridine rings is 1. The van der Waals surface area contributed by atoms with Crippen LogP contribution in [0.4, 0.5) is 5.69 Å². The fraction of sp³-hybridized carbons (Fsp3) is 0.278. The fourth-order valence-corrected chi connectivity index (χ4v) is 3.00. The number of hydrogen-bond donors (Lipinski definition) is 2. The third-order valence-corrected chi connectivity index (χ3v) is 4.20. The van der Waals surface area contributed by atoms with Crippen molar-refractivity contribution in [2.45, 2.75) is 18.9 Å². The Balaban J connectivity index is 1.63. The van der Waals surface area contributed by atoms with Gasteiger partial charge in [0.05, 0.1) is 5.56 Å². The molecule has 3 rings (SSSR count). The fourth-order valence-electron chi connectivity index (χ4n) is 3.00. The number of aromatic nitrogens is 1. The number of hydrogen-bond acceptors (Lipinski definition) is 4. The van der Waals surface area contributed by atoms with Gasteiger partial charge in [0, 0.05) is 31.0 Å². The van der Waals surface area contributed by atoms with Gasteiger partial charge in [0.15, 0.2) is 0 Å². The predicted octanol–water partition coefficient (Wildman–Crippen LogP) is 2.18. The number of carbonyl (C=O) groups is 2. The minimum absolute atomic E-state index is 0.0573. The van der Waals surface area contributed by atoms with Crippen LogP contribution < -0.4 is 10.2 Å². The molecule has 1 amide bonds. The molecule has 6 nitrogen and oxygen atoms in total. The molecule has 0 bridgehead atoms. The van der Waals surface area contributed by atoms with Crippen LogP contribution in [0.3, 0.4) is 0 Å². The van der Waals surface area contributed by atoms with Crippen molar-refractivity contribution < 1.29 is 14.7 Å². The number of amides is 1. The molecule has 1 aromatic heterocycles. The lowest BCUT2D eigenvalue weighted by molar-refractivity contribution is 0.0696. The maximum Gasteiger partial charge on any atom is 0.335 e. The van der Waals surface area contributed by atoms with Gasteiger partial charge < -0.3 is 15.3 Å². The molecule has 1 atom stereocenters. The van der Waals surface area contributed by atoms with E-state index in [2.05, 4.69) is 27.3 Å². The number of nitrogens with zero attached hydrogens (tertiary/aromatic N) is 2. The van der Waals surface area contributed by atoms with E-state index in [1.807, 2.05) is 18.2 Å². The lowest BCUT2D eigenvalue weighted by atomic mass is 10.2. The van der Waals surface area contributed by atoms with Gasteiger partial charge in [-0.1, -0.05) is 18.2 Å². The minimum atomic E-state index is -1.07. The average molecular weight is 325 g/mol. The van der Waals surface area contributed by atoms with Crippen LogP contribution in [0.2, 0.25) is 0 Å². The molecule has 6 heteroatoms. The number of carbonyl (C=O) groups excluding carboxylic acids is 1. The Hall–Kier alpha value is -2.89. The van der Waals surface area contributed by atoms with Crippen LogP contribution in [-0.2, 0) is 0 Å². The summed E-state index contributed by atoms with van der Waals surface area (Å²) in [7, 11) is 0. The molecule has 1 saturated heterocycles. The first-order valence-corrected chi connectivity index (χ1v) is 7.94. The topological polar surface area (TPSA) is 82.5 Å². The second-order valence-electron chi connectivity index (χ2n) is 5.77. The zero-order valence-electron chi connectivity index (χ0n) is 13.2. The van der Waals surface area contributed by atoms with Crippen molar-refractivity contribution in [1.82, 2.24) is 10.3 Å². The summed E-state index contributed by atoms with van der Waals surface area (Å²) in [5.74, 6) is -1.42. The van der Waals surface area contributed by atoms with Crippen LogP contribution in [0.25, 0.3) is 0 Å². The van der Waals surface area contributed by atoms with E-state index in [4.69, 9.17) is 5.11 Å². The highest BCUT2D eigenvalue weighted by atomic mass is 16.4. The number of para-hydroxylation sites is 1. The first kappa shape index (κ1) is 16.0. The van der Waals surface area contributed by atoms with Crippen LogP contribution in [0.5, 0.6) is 0 Å². The average Bonchev–Trinajstić information content (AvgIpc) is 3.09. The highest BCUT2D eigenvalue weighted by Gasteiger charge is 2.25. The van der Waals surface area contributed by atoms with E-state index >= 15 is 0 Å². The third kappa shape index (κ3) is 3.53. The zero-order chi connectivity index (χ0) is 16.9. The Bertz CT molecular complexity index is 733. The smallest absolute Gasteiger partial charge is 0.335 e. The SMILES string of the molecule is O=C(O)c1ccnc(C(=O)NCC2CCCN2c2ccccc2)c1. The molecule has 1 fully saturated rings. The molecule has 0 radical (unpaired) electrons. The largest absolute Gasteiger partial charge is 0.478 e. The third-order valence-electron chi connectivity index (χ3n) is 4.20. The summed E-state index contributed by atoms with van der Waals surface area (Å²) in [5.41, 5.74) is 1.33. The van der Waals surface area contributed by atoms with Gasteiger partial charge in [-0.2, -0.15) is 0 Å². The maximum absolute atomic E-state index is 12.2. The molecule has 124 valence electrons. The second-order valence-corrected chi connectivity index (χ2v) is 5.77. The Morgan fingerprint density at radius 1 is 1.25 bits per heavy atom. The summed E-state index contributed by atoms with van der Waals surface area (Å²) in [5, 5.41) is 11.9. The summed E-state index contributed by atoms with van der Waals surface area (Å²) >= 11 is 0. The molecule has 2 heterocycles. The molecule has 24 heavy (non-hydrogen) atoms. The molecule has 1 aromatic carbocycles. The summed E-state index contributed by atoms with van der Waals surface area (Å²) in [4.78, 5) is 29.5. The van der Waals surface area contributed by atoms with Gasteiger partial charge >= 0.3 is 5.97 Å². The molecule has 1 aliphatic heterocycles. The zero-order valence-corrected chi connectivity index (χ0v) is 13.2. The van der Waals surface area contributed by atoms with Crippen LogP contribution in [0.1, 0.15) is 33.7 Å². The quantitative estimate of drug-likeness (QED) is 0.880. The van der Waals surface area contributed by atoms with Gasteiger partial charge in [-0.15, -0.1) is 0 Å². The molecule has 1 aliphatic rings. The summed E-state index contributed by atoms with van der Waals surface area (Å²) in [6.45, 7) is 1.48. The van der Waals surface area contributed by atoms with Crippen molar-refractivity contribution in [1.29, 1.82) is 0 Å². The first-order valence-electron chi connectivity index (χ1n) is 7.94. The summed E-state index contributed by atoms with van der Waals surface area (Å²) < 4.78 is 0. The number of benzene rings is 1. The van der Waals surface area contributed by atoms with Crippen molar-refractivity contribution in [2.24, 2.45) is 0 Å². The van der Waals surface area contributed by atoms with Crippen LogP contribution >= 0.6 is 0 Å². The molecule has 1 unspecified atom stereocenters. The standard InChI is InChI=1S/C18H19N3O3/c22-17(16-11-13(18(23)24)8-9-19-16)20-12-15-7-4-10-21(15)14-5-2-1-3-6-14/h1-3,5-6,8-9,11,15H,4,7,10,12H2,(H,20,22)(H,23,24). The molecule has 0 aliphatic carbocycles.